The van der Waals surface area contributed by atoms with E-state index in [9.17, 15) is 14.3 Å². The van der Waals surface area contributed by atoms with E-state index >= 15 is 4.39 Å². The maximum Gasteiger partial charge on any atom is 0.303 e. The third-order valence-corrected chi connectivity index (χ3v) is 6.97. The second-order valence-corrected chi connectivity index (χ2v) is 10.7. The molecule has 0 bridgehead atoms. The van der Waals surface area contributed by atoms with Crippen LogP contribution in [0.3, 0.4) is 0 Å². The summed E-state index contributed by atoms with van der Waals surface area (Å²) in [6.07, 6.45) is 1.89. The van der Waals surface area contributed by atoms with Crippen LogP contribution in [0.1, 0.15) is 67.9 Å². The first-order valence-electron chi connectivity index (χ1n) is 12.5. The molecular weight excluding hydrogens is 492 g/mol. The van der Waals surface area contributed by atoms with Crippen molar-refractivity contribution in [1.29, 1.82) is 0 Å². The zero-order valence-corrected chi connectivity index (χ0v) is 22.3. The van der Waals surface area contributed by atoms with E-state index in [0.29, 0.717) is 29.5 Å². The van der Waals surface area contributed by atoms with Gasteiger partial charge in [-0.1, -0.05) is 39.0 Å². The summed E-state index contributed by atoms with van der Waals surface area (Å²) in [5.41, 5.74) is 3.42. The quantitative estimate of drug-likeness (QED) is 0.329. The molecule has 6 nitrogen and oxygen atoms in total. The first-order chi connectivity index (χ1) is 18.0. The number of nitrogens with zero attached hydrogens (tertiary/aromatic N) is 1. The van der Waals surface area contributed by atoms with Gasteiger partial charge in [0.05, 0.1) is 25.8 Å². The number of aliphatic carboxylic acids is 1. The fraction of sp³-hybridized carbons (Fsp3) is 0.400. The highest BCUT2D eigenvalue weighted by Gasteiger charge is 2.31. The van der Waals surface area contributed by atoms with Gasteiger partial charge in [-0.2, -0.15) is 0 Å². The smallest absolute Gasteiger partial charge is 0.303 e. The van der Waals surface area contributed by atoms with Crippen LogP contribution >= 0.6 is 0 Å². The van der Waals surface area contributed by atoms with Gasteiger partial charge in [0.25, 0.3) is 0 Å². The number of ether oxygens (including phenoxy) is 3. The molecule has 1 aliphatic rings. The van der Waals surface area contributed by atoms with E-state index in [4.69, 9.17) is 14.2 Å². The maximum absolute atomic E-state index is 15.4. The number of carboxylic acids is 1. The highest BCUT2D eigenvalue weighted by molar-refractivity contribution is 5.70. The number of benzene rings is 2. The van der Waals surface area contributed by atoms with Crippen molar-refractivity contribution in [2.24, 2.45) is 5.41 Å². The molecular formula is C30H33F2NO5. The molecule has 1 heterocycles. The van der Waals surface area contributed by atoms with Crippen LogP contribution in [0.25, 0.3) is 11.1 Å². The molecule has 8 heteroatoms. The van der Waals surface area contributed by atoms with Crippen LogP contribution in [0.2, 0.25) is 0 Å². The SMILES string of the molecule is COc1cc(-c2ccc(COc3ccc4c(c3F)C(CC(=O)O)CC4)cc2C(OC)C(C)(C)C)c(F)cn1. The molecule has 2 unspecified atom stereocenters. The average molecular weight is 526 g/mol. The van der Waals surface area contributed by atoms with E-state index in [1.165, 1.54) is 7.11 Å². The number of halogens is 2. The molecule has 0 amide bonds. The molecule has 4 rings (SSSR count). The molecule has 2 atom stereocenters. The Kier molecular flexibility index (Phi) is 8.02. The molecule has 1 aromatic heterocycles. The van der Waals surface area contributed by atoms with Crippen molar-refractivity contribution in [3.05, 3.63) is 76.5 Å². The number of hydrogen-bond acceptors (Lipinski definition) is 5. The average Bonchev–Trinajstić information content (AvgIpc) is 3.26. The van der Waals surface area contributed by atoms with Gasteiger partial charge in [0.2, 0.25) is 5.88 Å². The Morgan fingerprint density at radius 3 is 2.55 bits per heavy atom. The van der Waals surface area contributed by atoms with Crippen LogP contribution in [0.5, 0.6) is 11.6 Å². The van der Waals surface area contributed by atoms with Crippen molar-refractivity contribution in [2.75, 3.05) is 14.2 Å². The summed E-state index contributed by atoms with van der Waals surface area (Å²) < 4.78 is 47.3. The minimum Gasteiger partial charge on any atom is -0.486 e. The lowest BCUT2D eigenvalue weighted by Gasteiger charge is -2.32. The molecule has 202 valence electrons. The Morgan fingerprint density at radius 1 is 1.13 bits per heavy atom. The van der Waals surface area contributed by atoms with Crippen LogP contribution in [-0.4, -0.2) is 30.3 Å². The fourth-order valence-electron chi connectivity index (χ4n) is 5.28. The predicted octanol–water partition coefficient (Wildman–Crippen LogP) is 6.85. The summed E-state index contributed by atoms with van der Waals surface area (Å²) in [5, 5.41) is 9.21. The number of carbonyl (C=O) groups is 1. The summed E-state index contributed by atoms with van der Waals surface area (Å²) in [4.78, 5) is 15.2. The van der Waals surface area contributed by atoms with Crippen molar-refractivity contribution >= 4 is 5.97 Å². The lowest BCUT2D eigenvalue weighted by atomic mass is 9.81. The van der Waals surface area contributed by atoms with E-state index < -0.39 is 17.6 Å². The van der Waals surface area contributed by atoms with Gasteiger partial charge in [-0.3, -0.25) is 4.79 Å². The number of methoxy groups -OCH3 is 2. The number of hydrogen-bond donors (Lipinski definition) is 1. The molecule has 0 saturated heterocycles. The van der Waals surface area contributed by atoms with E-state index in [-0.39, 0.29) is 42.1 Å². The minimum absolute atomic E-state index is 0.0648. The van der Waals surface area contributed by atoms with Gasteiger partial charge < -0.3 is 19.3 Å². The third kappa shape index (κ3) is 5.65. The Bertz CT molecular complexity index is 1330. The Morgan fingerprint density at radius 2 is 1.89 bits per heavy atom. The van der Waals surface area contributed by atoms with Gasteiger partial charge in [-0.15, -0.1) is 0 Å². The van der Waals surface area contributed by atoms with Crippen LogP contribution in [-0.2, 0) is 22.6 Å². The van der Waals surface area contributed by atoms with E-state index in [1.54, 1.807) is 31.4 Å². The number of aryl methyl sites for hydroxylation is 1. The standard InChI is InChI=1S/C30H33F2NO5/c1-30(2,3)29(37-5)22-12-17(6-10-20(22)21-14-25(36-4)33-15-23(21)31)16-38-24-11-9-18-7-8-19(13-26(34)35)27(18)28(24)32/h6,9-12,14-15,19,29H,7-8,13,16H2,1-5H3,(H,34,35). The number of fused-ring (bicyclic) bond motifs is 1. The Labute approximate surface area is 221 Å². The molecule has 0 radical (unpaired) electrons. The number of carboxylic acid groups (broad SMARTS) is 1. The second-order valence-electron chi connectivity index (χ2n) is 10.7. The molecule has 1 N–H and O–H groups in total. The molecule has 0 spiro atoms. The number of aromatic nitrogens is 1. The molecule has 38 heavy (non-hydrogen) atoms. The van der Waals surface area contributed by atoms with Crippen LogP contribution < -0.4 is 9.47 Å². The highest BCUT2D eigenvalue weighted by atomic mass is 19.1. The van der Waals surface area contributed by atoms with Gasteiger partial charge >= 0.3 is 5.97 Å². The fourth-order valence-corrected chi connectivity index (χ4v) is 5.28. The van der Waals surface area contributed by atoms with Crippen molar-refractivity contribution in [3.8, 4) is 22.8 Å². The van der Waals surface area contributed by atoms with Crippen molar-refractivity contribution in [1.82, 2.24) is 4.98 Å². The first kappa shape index (κ1) is 27.5. The predicted molar refractivity (Wildman–Crippen MR) is 139 cm³/mol. The Hall–Kier alpha value is -3.52. The maximum atomic E-state index is 15.4. The summed E-state index contributed by atoms with van der Waals surface area (Å²) in [6.45, 7) is 6.16. The zero-order valence-electron chi connectivity index (χ0n) is 22.3. The van der Waals surface area contributed by atoms with Gasteiger partial charge in [-0.05, 0) is 64.1 Å². The zero-order chi connectivity index (χ0) is 27.6. The minimum atomic E-state index is -0.948. The summed E-state index contributed by atoms with van der Waals surface area (Å²) in [6, 6.07) is 10.4. The Balaban J connectivity index is 1.69. The van der Waals surface area contributed by atoms with Crippen LogP contribution in [0.4, 0.5) is 8.78 Å². The van der Waals surface area contributed by atoms with E-state index in [1.807, 2.05) is 32.9 Å². The van der Waals surface area contributed by atoms with Crippen molar-refractivity contribution in [3.63, 3.8) is 0 Å². The van der Waals surface area contributed by atoms with Gasteiger partial charge in [0, 0.05) is 18.7 Å². The molecule has 0 aliphatic heterocycles. The highest BCUT2D eigenvalue weighted by Crippen LogP contribution is 2.43. The molecule has 0 fully saturated rings. The molecule has 1 aliphatic carbocycles. The summed E-state index contributed by atoms with van der Waals surface area (Å²) >= 11 is 0. The number of rotatable bonds is 9. The van der Waals surface area contributed by atoms with E-state index in [2.05, 4.69) is 4.98 Å². The second kappa shape index (κ2) is 11.1. The largest absolute Gasteiger partial charge is 0.486 e. The first-order valence-corrected chi connectivity index (χ1v) is 12.5. The monoisotopic (exact) mass is 525 g/mol. The van der Waals surface area contributed by atoms with Crippen LogP contribution in [0.15, 0.2) is 42.6 Å². The topological polar surface area (TPSA) is 77.9 Å². The molecule has 0 saturated carbocycles. The third-order valence-electron chi connectivity index (χ3n) is 6.97. The van der Waals surface area contributed by atoms with Gasteiger partial charge in [-0.25, -0.2) is 13.8 Å². The van der Waals surface area contributed by atoms with Crippen molar-refractivity contribution < 1.29 is 32.9 Å². The summed E-state index contributed by atoms with van der Waals surface area (Å²) in [7, 11) is 3.08. The molecule has 3 aromatic rings. The summed E-state index contributed by atoms with van der Waals surface area (Å²) in [5.74, 6) is -1.93. The van der Waals surface area contributed by atoms with E-state index in [0.717, 1.165) is 22.9 Å². The lowest BCUT2D eigenvalue weighted by molar-refractivity contribution is -0.137. The normalized spacial score (nSPS) is 15.7. The molecule has 2 aromatic carbocycles. The van der Waals surface area contributed by atoms with Crippen molar-refractivity contribution in [2.45, 2.75) is 58.7 Å². The van der Waals surface area contributed by atoms with Gasteiger partial charge in [0.15, 0.2) is 11.6 Å². The van der Waals surface area contributed by atoms with Gasteiger partial charge in [0.1, 0.15) is 12.4 Å². The van der Waals surface area contributed by atoms with Crippen LogP contribution in [0, 0.1) is 17.0 Å². The lowest BCUT2D eigenvalue weighted by Crippen LogP contribution is -2.21. The number of pyridine rings is 1.